The van der Waals surface area contributed by atoms with Crippen LogP contribution in [0.4, 0.5) is 0 Å². The Morgan fingerprint density at radius 2 is 1.16 bits per heavy atom. The normalized spacial score (nSPS) is 16.2. The summed E-state index contributed by atoms with van der Waals surface area (Å²) < 4.78 is 0. The van der Waals surface area contributed by atoms with E-state index in [9.17, 15) is 9.59 Å². The van der Waals surface area contributed by atoms with Crippen molar-refractivity contribution >= 4 is 23.2 Å². The maximum absolute atomic E-state index is 12.6. The molecule has 4 heteroatoms. The van der Waals surface area contributed by atoms with Gasteiger partial charge in [0, 0.05) is 0 Å². The third kappa shape index (κ3) is 2.47. The van der Waals surface area contributed by atoms with Crippen LogP contribution in [0.25, 0.3) is 11.4 Å². The lowest BCUT2D eigenvalue weighted by Gasteiger charge is -2.08. The zero-order chi connectivity index (χ0) is 17.6. The quantitative estimate of drug-likeness (QED) is 0.909. The molecule has 0 atom stereocenters. The molecule has 0 saturated carbocycles. The van der Waals surface area contributed by atoms with E-state index in [0.717, 1.165) is 23.1 Å². The Morgan fingerprint density at radius 3 is 1.60 bits per heavy atom. The summed E-state index contributed by atoms with van der Waals surface area (Å²) in [6.45, 7) is 4.09. The minimum absolute atomic E-state index is 0.238. The van der Waals surface area contributed by atoms with Gasteiger partial charge < -0.3 is 10.6 Å². The summed E-state index contributed by atoms with van der Waals surface area (Å²) in [7, 11) is 0. The Labute approximate surface area is 146 Å². The monoisotopic (exact) mass is 330 g/mol. The van der Waals surface area contributed by atoms with Crippen LogP contribution in [0.3, 0.4) is 0 Å². The molecule has 2 N–H and O–H groups in total. The number of fused-ring (bicyclic) bond motifs is 1. The van der Waals surface area contributed by atoms with Gasteiger partial charge in [-0.25, -0.2) is 0 Å². The molecule has 0 radical (unpaired) electrons. The summed E-state index contributed by atoms with van der Waals surface area (Å²) in [5, 5.41) is 5.74. The number of carbonyl (C=O) groups excluding carboxylic acids is 2. The highest BCUT2D eigenvalue weighted by atomic mass is 16.2. The average molecular weight is 330 g/mol. The Hall–Kier alpha value is -3.14. The Morgan fingerprint density at radius 1 is 0.720 bits per heavy atom. The highest BCUT2D eigenvalue weighted by Gasteiger charge is 2.40. The number of rotatable bonds is 3. The summed E-state index contributed by atoms with van der Waals surface area (Å²) in [4.78, 5) is 25.1. The summed E-state index contributed by atoms with van der Waals surface area (Å²) in [5.41, 5.74) is 6.05. The fourth-order valence-electron chi connectivity index (χ4n) is 3.24. The van der Waals surface area contributed by atoms with Gasteiger partial charge in [-0.1, -0.05) is 61.0 Å². The van der Waals surface area contributed by atoms with Gasteiger partial charge >= 0.3 is 0 Å². The second-order valence-corrected chi connectivity index (χ2v) is 6.32. The number of carbonyl (C=O) groups is 2. The van der Waals surface area contributed by atoms with E-state index in [4.69, 9.17) is 0 Å². The van der Waals surface area contributed by atoms with E-state index in [-0.39, 0.29) is 11.8 Å². The SMILES string of the molecule is CCc1ccc(C2=C3C(=O)NC(c4ccc(C)cc4)=C3C(=O)N2)cc1. The number of amides is 2. The zero-order valence-electron chi connectivity index (χ0n) is 14.1. The largest absolute Gasteiger partial charge is 0.321 e. The van der Waals surface area contributed by atoms with Crippen LogP contribution in [0.2, 0.25) is 0 Å². The minimum Gasteiger partial charge on any atom is -0.321 e. The van der Waals surface area contributed by atoms with Gasteiger partial charge in [0.1, 0.15) is 0 Å². The number of aryl methyl sites for hydroxylation is 2. The van der Waals surface area contributed by atoms with Gasteiger partial charge in [-0.2, -0.15) is 0 Å². The predicted octanol–water partition coefficient (Wildman–Crippen LogP) is 2.94. The molecule has 2 aliphatic rings. The van der Waals surface area contributed by atoms with Crippen LogP contribution in [0.15, 0.2) is 59.7 Å². The van der Waals surface area contributed by atoms with Crippen molar-refractivity contribution in [1.29, 1.82) is 0 Å². The lowest BCUT2D eigenvalue weighted by atomic mass is 10.0. The van der Waals surface area contributed by atoms with E-state index in [1.165, 1.54) is 5.56 Å². The van der Waals surface area contributed by atoms with Crippen LogP contribution in [0.5, 0.6) is 0 Å². The molecule has 0 aromatic heterocycles. The molecule has 4 rings (SSSR count). The summed E-state index contributed by atoms with van der Waals surface area (Å²) >= 11 is 0. The first-order chi connectivity index (χ1) is 12.1. The van der Waals surface area contributed by atoms with Crippen molar-refractivity contribution in [2.24, 2.45) is 0 Å². The van der Waals surface area contributed by atoms with Crippen molar-refractivity contribution in [1.82, 2.24) is 10.6 Å². The van der Waals surface area contributed by atoms with Gasteiger partial charge in [-0.15, -0.1) is 0 Å². The molecule has 0 spiro atoms. The van der Waals surface area contributed by atoms with Crippen LogP contribution in [-0.2, 0) is 16.0 Å². The van der Waals surface area contributed by atoms with Crippen molar-refractivity contribution in [2.45, 2.75) is 20.3 Å². The van der Waals surface area contributed by atoms with Crippen LogP contribution in [0, 0.1) is 6.92 Å². The minimum atomic E-state index is -0.238. The van der Waals surface area contributed by atoms with E-state index >= 15 is 0 Å². The van der Waals surface area contributed by atoms with Crippen molar-refractivity contribution in [3.05, 3.63) is 81.9 Å². The number of hydrogen-bond acceptors (Lipinski definition) is 2. The van der Waals surface area contributed by atoms with Gasteiger partial charge in [-0.05, 0) is 30.0 Å². The summed E-state index contributed by atoms with van der Waals surface area (Å²) in [6, 6.07) is 15.7. The summed E-state index contributed by atoms with van der Waals surface area (Å²) in [6.07, 6.45) is 0.946. The Bertz CT molecular complexity index is 948. The van der Waals surface area contributed by atoms with Crippen LogP contribution >= 0.6 is 0 Å². The maximum atomic E-state index is 12.6. The molecule has 4 nitrogen and oxygen atoms in total. The molecule has 0 fully saturated rings. The first-order valence-corrected chi connectivity index (χ1v) is 8.36. The topological polar surface area (TPSA) is 58.2 Å². The van der Waals surface area contributed by atoms with Crippen molar-refractivity contribution in [2.75, 3.05) is 0 Å². The lowest BCUT2D eigenvalue weighted by Crippen LogP contribution is -2.21. The standard InChI is InChI=1S/C21H18N2O2/c1-3-13-6-10-15(11-7-13)19-17-16(20(24)23-19)18(22-21(17)25)14-8-4-12(2)5-9-14/h4-11H,3H2,1-2H3,(H,22,25)(H,23,24). The average Bonchev–Trinajstić information content (AvgIpc) is 3.15. The van der Waals surface area contributed by atoms with Gasteiger partial charge in [0.25, 0.3) is 11.8 Å². The Kier molecular flexibility index (Phi) is 3.53. The molecular formula is C21H18N2O2. The fourth-order valence-corrected chi connectivity index (χ4v) is 3.24. The van der Waals surface area contributed by atoms with Crippen LogP contribution < -0.4 is 10.6 Å². The second kappa shape index (κ2) is 5.74. The number of benzene rings is 2. The highest BCUT2D eigenvalue weighted by Crippen LogP contribution is 2.37. The van der Waals surface area contributed by atoms with E-state index in [2.05, 4.69) is 17.6 Å². The van der Waals surface area contributed by atoms with E-state index in [1.807, 2.05) is 55.5 Å². The molecule has 2 aromatic rings. The highest BCUT2D eigenvalue weighted by molar-refractivity contribution is 6.30. The van der Waals surface area contributed by atoms with Crippen molar-refractivity contribution in [3.63, 3.8) is 0 Å². The smallest absolute Gasteiger partial charge is 0.258 e. The maximum Gasteiger partial charge on any atom is 0.258 e. The van der Waals surface area contributed by atoms with Gasteiger partial charge in [0.15, 0.2) is 0 Å². The lowest BCUT2D eigenvalue weighted by molar-refractivity contribution is -0.117. The molecule has 2 amide bonds. The number of hydrogen-bond donors (Lipinski definition) is 2. The molecule has 2 aromatic carbocycles. The predicted molar refractivity (Wildman–Crippen MR) is 97.1 cm³/mol. The number of nitrogens with one attached hydrogen (secondary N) is 2. The first-order valence-electron chi connectivity index (χ1n) is 8.36. The second-order valence-electron chi connectivity index (χ2n) is 6.32. The molecule has 0 aliphatic carbocycles. The van der Waals surface area contributed by atoms with Gasteiger partial charge in [0.05, 0.1) is 22.5 Å². The van der Waals surface area contributed by atoms with E-state index < -0.39 is 0 Å². The third-order valence-electron chi connectivity index (χ3n) is 4.67. The molecule has 0 saturated heterocycles. The molecule has 0 unspecified atom stereocenters. The summed E-state index contributed by atoms with van der Waals surface area (Å²) in [5.74, 6) is -0.475. The van der Waals surface area contributed by atoms with Crippen LogP contribution in [-0.4, -0.2) is 11.8 Å². The van der Waals surface area contributed by atoms with Crippen molar-refractivity contribution in [3.8, 4) is 0 Å². The molecule has 25 heavy (non-hydrogen) atoms. The fraction of sp³-hybridized carbons (Fsp3) is 0.143. The first kappa shape index (κ1) is 15.4. The van der Waals surface area contributed by atoms with Gasteiger partial charge in [-0.3, -0.25) is 9.59 Å². The van der Waals surface area contributed by atoms with E-state index in [0.29, 0.717) is 22.5 Å². The molecule has 2 aliphatic heterocycles. The van der Waals surface area contributed by atoms with Crippen LogP contribution in [0.1, 0.15) is 29.2 Å². The molecular weight excluding hydrogens is 312 g/mol. The zero-order valence-corrected chi connectivity index (χ0v) is 14.1. The molecule has 0 bridgehead atoms. The third-order valence-corrected chi connectivity index (χ3v) is 4.67. The van der Waals surface area contributed by atoms with Gasteiger partial charge in [0.2, 0.25) is 0 Å². The Balaban J connectivity index is 1.84. The molecule has 2 heterocycles. The van der Waals surface area contributed by atoms with E-state index in [1.54, 1.807) is 0 Å². The molecule has 124 valence electrons. The van der Waals surface area contributed by atoms with Crippen molar-refractivity contribution < 1.29 is 9.59 Å².